The molecule has 0 atom stereocenters. The van der Waals surface area contributed by atoms with E-state index in [9.17, 15) is 19.2 Å². The monoisotopic (exact) mass is 422 g/mol. The lowest BCUT2D eigenvalue weighted by molar-refractivity contribution is 0.466. The maximum atomic E-state index is 11.1. The molecule has 4 rings (SSSR count). The van der Waals surface area contributed by atoms with Gasteiger partial charge >= 0.3 is 0 Å². The van der Waals surface area contributed by atoms with E-state index >= 15 is 0 Å². The Morgan fingerprint density at radius 3 is 1.56 bits per heavy atom. The quantitative estimate of drug-likeness (QED) is 0.498. The molecule has 0 amide bonds. The fourth-order valence-corrected chi connectivity index (χ4v) is 4.49. The highest BCUT2D eigenvalue weighted by atomic mass is 35.5. The zero-order chi connectivity index (χ0) is 19.2. The zero-order valence-electron chi connectivity index (χ0n) is 13.6. The first-order chi connectivity index (χ1) is 12.2. The molecule has 140 valence electrons. The molecule has 0 aliphatic heterocycles. The van der Waals surface area contributed by atoms with Crippen molar-refractivity contribution in [3.05, 3.63) is 79.9 Å². The average molecular weight is 423 g/mol. The summed E-state index contributed by atoms with van der Waals surface area (Å²) >= 11 is 8.48. The van der Waals surface area contributed by atoms with E-state index in [1.54, 1.807) is 6.07 Å². The summed E-state index contributed by atoms with van der Waals surface area (Å²) in [5.74, 6) is -0.396. The summed E-state index contributed by atoms with van der Waals surface area (Å²) in [7, 11) is 0. The average Bonchev–Trinajstić information content (AvgIpc) is 3.23. The molecule has 1 N–H and O–H groups in total. The van der Waals surface area contributed by atoms with Crippen LogP contribution in [0, 0.1) is 13.8 Å². The molecule has 0 saturated heterocycles. The van der Waals surface area contributed by atoms with Crippen molar-refractivity contribution < 1.29 is 5.11 Å². The Morgan fingerprint density at radius 2 is 1.19 bits per heavy atom. The fraction of sp³-hybridized carbons (Fsp3) is 0.158. The molecule has 0 bridgehead atoms. The van der Waals surface area contributed by atoms with Crippen molar-refractivity contribution in [1.82, 2.24) is 0 Å². The lowest BCUT2D eigenvalue weighted by atomic mass is 10.1. The predicted octanol–water partition coefficient (Wildman–Crippen LogP) is 3.63. The van der Waals surface area contributed by atoms with Gasteiger partial charge in [-0.25, -0.2) is 0 Å². The molecule has 4 aromatic rings. The van der Waals surface area contributed by atoms with E-state index in [4.69, 9.17) is 16.7 Å². The summed E-state index contributed by atoms with van der Waals surface area (Å²) < 4.78 is 0. The lowest BCUT2D eigenvalue weighted by Crippen LogP contribution is -2.32. The molecular formula is C19H15ClO5S2. The minimum Gasteiger partial charge on any atom is -0.503 e. The molecule has 8 heteroatoms. The largest absolute Gasteiger partial charge is 0.503 e. The number of hydrogen-bond acceptors (Lipinski definition) is 7. The van der Waals surface area contributed by atoms with Gasteiger partial charge in [-0.15, -0.1) is 22.7 Å². The van der Waals surface area contributed by atoms with Crippen molar-refractivity contribution in [1.29, 1.82) is 0 Å². The summed E-state index contributed by atoms with van der Waals surface area (Å²) in [6.07, 6.45) is 0. The first-order valence-electron chi connectivity index (χ1n) is 7.37. The van der Waals surface area contributed by atoms with Crippen LogP contribution in [0.5, 0.6) is 5.75 Å². The van der Waals surface area contributed by atoms with Crippen LogP contribution in [0.2, 0.25) is 5.02 Å². The van der Waals surface area contributed by atoms with Crippen molar-refractivity contribution in [2.24, 2.45) is 0 Å². The van der Waals surface area contributed by atoms with E-state index in [1.165, 1.54) is 22.7 Å². The second kappa shape index (κ2) is 7.72. The third kappa shape index (κ3) is 3.58. The first-order valence-corrected chi connectivity index (χ1v) is 9.38. The van der Waals surface area contributed by atoms with E-state index in [-0.39, 0.29) is 18.0 Å². The molecule has 2 aromatic carbocycles. The second-order valence-corrected chi connectivity index (χ2v) is 8.50. The second-order valence-electron chi connectivity index (χ2n) is 5.55. The lowest BCUT2D eigenvalue weighted by Gasteiger charge is -2.00. The highest BCUT2D eigenvalue weighted by Gasteiger charge is 2.22. The van der Waals surface area contributed by atoms with Gasteiger partial charge in [-0.05, 0) is 38.1 Å². The van der Waals surface area contributed by atoms with Crippen molar-refractivity contribution in [2.75, 3.05) is 0 Å². The van der Waals surface area contributed by atoms with Gasteiger partial charge in [-0.2, -0.15) is 0 Å². The maximum Gasteiger partial charge on any atom is 0.268 e. The predicted molar refractivity (Wildman–Crippen MR) is 112 cm³/mol. The molecule has 0 spiro atoms. The van der Waals surface area contributed by atoms with Crippen LogP contribution >= 0.6 is 34.3 Å². The molecule has 0 aliphatic carbocycles. The van der Waals surface area contributed by atoms with Crippen molar-refractivity contribution >= 4 is 34.3 Å². The van der Waals surface area contributed by atoms with Crippen LogP contribution in [0.4, 0.5) is 0 Å². The van der Waals surface area contributed by atoms with Gasteiger partial charge in [0, 0.05) is 19.5 Å². The van der Waals surface area contributed by atoms with E-state index in [0.29, 0.717) is 10.4 Å². The van der Waals surface area contributed by atoms with Crippen LogP contribution in [0.3, 0.4) is 0 Å². The van der Waals surface area contributed by atoms with Gasteiger partial charge in [0.05, 0.1) is 11.1 Å². The number of halogens is 1. The van der Waals surface area contributed by atoms with Crippen molar-refractivity contribution in [3.8, 4) is 26.6 Å². The number of aromatic hydroxyl groups is 1. The molecule has 5 nitrogen and oxygen atoms in total. The minimum absolute atomic E-state index is 0. The SMILES string of the molecule is C.Cc1ccc(-c2c(Cl)c(=O)c2=O)s1.Cc1ccc(-c2c(O)c(=O)c2=O)s1. The smallest absolute Gasteiger partial charge is 0.268 e. The van der Waals surface area contributed by atoms with Gasteiger partial charge in [0.2, 0.25) is 16.3 Å². The summed E-state index contributed by atoms with van der Waals surface area (Å²) in [5, 5.41) is 9.20. The molecular weight excluding hydrogens is 408 g/mol. The molecule has 27 heavy (non-hydrogen) atoms. The van der Waals surface area contributed by atoms with E-state index < -0.39 is 27.5 Å². The molecule has 0 fully saturated rings. The summed E-state index contributed by atoms with van der Waals surface area (Å²) in [6, 6.07) is 7.28. The van der Waals surface area contributed by atoms with Crippen LogP contribution in [0.15, 0.2) is 43.4 Å². The number of thiophene rings is 2. The Balaban J connectivity index is 0.000000187. The van der Waals surface area contributed by atoms with Crippen molar-refractivity contribution in [3.63, 3.8) is 0 Å². The van der Waals surface area contributed by atoms with Gasteiger partial charge < -0.3 is 5.11 Å². The number of rotatable bonds is 2. The van der Waals surface area contributed by atoms with Crippen LogP contribution in [0.1, 0.15) is 17.2 Å². The standard InChI is InChI=1S/C9H5ClO2S.C9H6O3S.CH4/c2*1-4-2-3-5(13-4)6-7(10)9(12)8(6)11;/h2-3H,1H3;2-3,10H,1H3;1H4. The molecule has 0 radical (unpaired) electrons. The van der Waals surface area contributed by atoms with Gasteiger partial charge in [0.15, 0.2) is 5.75 Å². The summed E-state index contributed by atoms with van der Waals surface area (Å²) in [5.41, 5.74) is -1.84. The third-order valence-corrected chi connectivity index (χ3v) is 6.11. The summed E-state index contributed by atoms with van der Waals surface area (Å²) in [6.45, 7) is 3.84. The maximum absolute atomic E-state index is 11.1. The number of aryl methyl sites for hydroxylation is 2. The topological polar surface area (TPSA) is 88.5 Å². The van der Waals surface area contributed by atoms with E-state index in [1.807, 2.05) is 32.0 Å². The highest BCUT2D eigenvalue weighted by molar-refractivity contribution is 7.15. The Bertz CT molecular complexity index is 1160. The van der Waals surface area contributed by atoms with E-state index in [2.05, 4.69) is 0 Å². The summed E-state index contributed by atoms with van der Waals surface area (Å²) in [4.78, 5) is 47.2. The zero-order valence-corrected chi connectivity index (χ0v) is 16.0. The van der Waals surface area contributed by atoms with Crippen LogP contribution in [0.25, 0.3) is 20.9 Å². The van der Waals surface area contributed by atoms with Gasteiger partial charge in [0.25, 0.3) is 5.43 Å². The van der Waals surface area contributed by atoms with Gasteiger partial charge in [0.1, 0.15) is 5.02 Å². The van der Waals surface area contributed by atoms with Crippen LogP contribution < -0.4 is 21.7 Å². The van der Waals surface area contributed by atoms with Crippen molar-refractivity contribution in [2.45, 2.75) is 21.3 Å². The molecule has 0 aliphatic rings. The Labute approximate surface area is 167 Å². The third-order valence-electron chi connectivity index (χ3n) is 3.71. The number of hydrogen-bond donors (Lipinski definition) is 1. The molecule has 2 heterocycles. The Hall–Kier alpha value is -2.35. The highest BCUT2D eigenvalue weighted by Crippen LogP contribution is 2.31. The van der Waals surface area contributed by atoms with E-state index in [0.717, 1.165) is 14.6 Å². The Kier molecular flexibility index (Phi) is 5.99. The van der Waals surface area contributed by atoms with Gasteiger partial charge in [-0.1, -0.05) is 19.0 Å². The normalized spacial score (nSPS) is 10.5. The fourth-order valence-electron chi connectivity index (χ4n) is 2.33. The Morgan fingerprint density at radius 1 is 0.741 bits per heavy atom. The van der Waals surface area contributed by atoms with Crippen LogP contribution in [-0.2, 0) is 0 Å². The van der Waals surface area contributed by atoms with Crippen LogP contribution in [-0.4, -0.2) is 5.11 Å². The first kappa shape index (κ1) is 21.0. The molecule has 2 aromatic heterocycles. The minimum atomic E-state index is -0.777. The molecule has 0 unspecified atom stereocenters. The molecule has 0 saturated carbocycles. The van der Waals surface area contributed by atoms with Gasteiger partial charge in [-0.3, -0.25) is 19.2 Å².